The summed E-state index contributed by atoms with van der Waals surface area (Å²) in [4.78, 5) is 13.8. The van der Waals surface area contributed by atoms with E-state index in [4.69, 9.17) is 10.5 Å². The molecule has 0 saturated carbocycles. The molecule has 0 bridgehead atoms. The van der Waals surface area contributed by atoms with Crippen molar-refractivity contribution in [2.75, 3.05) is 13.1 Å². The minimum absolute atomic E-state index is 0.165. The van der Waals surface area contributed by atoms with Gasteiger partial charge in [-0.2, -0.15) is 0 Å². The van der Waals surface area contributed by atoms with E-state index in [0.29, 0.717) is 5.92 Å². The van der Waals surface area contributed by atoms with Crippen molar-refractivity contribution in [3.63, 3.8) is 0 Å². The van der Waals surface area contributed by atoms with Crippen LogP contribution < -0.4 is 5.73 Å². The number of likely N-dealkylation sites (tertiary alicyclic amines) is 1. The van der Waals surface area contributed by atoms with Gasteiger partial charge in [-0.25, -0.2) is 4.79 Å². The van der Waals surface area contributed by atoms with Crippen molar-refractivity contribution >= 4 is 6.09 Å². The van der Waals surface area contributed by atoms with Gasteiger partial charge in [0.1, 0.15) is 5.60 Å². The number of hydrogen-bond donors (Lipinski definition) is 1. The van der Waals surface area contributed by atoms with Gasteiger partial charge in [0.05, 0.1) is 0 Å². The Morgan fingerprint density at radius 1 is 1.33 bits per heavy atom. The number of piperidine rings is 1. The van der Waals surface area contributed by atoms with Gasteiger partial charge in [0.15, 0.2) is 0 Å². The molecule has 1 fully saturated rings. The largest absolute Gasteiger partial charge is 0.444 e. The van der Waals surface area contributed by atoms with Gasteiger partial charge in [0, 0.05) is 18.6 Å². The maximum absolute atomic E-state index is 12.0. The summed E-state index contributed by atoms with van der Waals surface area (Å²) in [6.07, 6.45) is 2.95. The maximum atomic E-state index is 12.0. The first kappa shape index (κ1) is 15.3. The lowest BCUT2D eigenvalue weighted by Crippen LogP contribution is -2.45. The van der Waals surface area contributed by atoms with Gasteiger partial charge in [-0.05, 0) is 59.8 Å². The molecule has 2 N–H and O–H groups in total. The molecule has 1 aliphatic rings. The number of amides is 1. The van der Waals surface area contributed by atoms with Crippen LogP contribution in [-0.4, -0.2) is 35.2 Å². The summed E-state index contributed by atoms with van der Waals surface area (Å²) in [5.41, 5.74) is 5.47. The summed E-state index contributed by atoms with van der Waals surface area (Å²) in [6.45, 7) is 11.4. The lowest BCUT2D eigenvalue weighted by atomic mass is 9.86. The summed E-state index contributed by atoms with van der Waals surface area (Å²) in [5.74, 6) is 0.492. The van der Waals surface area contributed by atoms with E-state index in [-0.39, 0.29) is 11.6 Å². The van der Waals surface area contributed by atoms with Gasteiger partial charge in [-0.3, -0.25) is 0 Å². The molecule has 4 heteroatoms. The Morgan fingerprint density at radius 3 is 2.44 bits per heavy atom. The summed E-state index contributed by atoms with van der Waals surface area (Å²) < 4.78 is 5.41. The highest BCUT2D eigenvalue weighted by atomic mass is 16.6. The second-order valence-corrected chi connectivity index (χ2v) is 7.13. The van der Waals surface area contributed by atoms with E-state index in [1.54, 1.807) is 0 Å². The molecule has 1 aliphatic heterocycles. The molecule has 106 valence electrons. The second-order valence-electron chi connectivity index (χ2n) is 7.13. The average molecular weight is 256 g/mol. The average Bonchev–Trinajstić information content (AvgIpc) is 2.12. The third kappa shape index (κ3) is 5.71. The number of nitrogens with zero attached hydrogens (tertiary/aromatic N) is 1. The SMILES string of the molecule is CC(C)(N)C[C@H]1CCCN(C(=O)OC(C)(C)C)C1. The molecule has 0 radical (unpaired) electrons. The van der Waals surface area contributed by atoms with Crippen LogP contribution in [0.3, 0.4) is 0 Å². The highest BCUT2D eigenvalue weighted by Crippen LogP contribution is 2.25. The molecule has 1 atom stereocenters. The van der Waals surface area contributed by atoms with E-state index in [0.717, 1.165) is 32.4 Å². The van der Waals surface area contributed by atoms with Crippen LogP contribution in [0.1, 0.15) is 53.9 Å². The number of carbonyl (C=O) groups excluding carboxylic acids is 1. The van der Waals surface area contributed by atoms with Gasteiger partial charge in [0.25, 0.3) is 0 Å². The normalized spacial score (nSPS) is 21.9. The van der Waals surface area contributed by atoms with Gasteiger partial charge >= 0.3 is 6.09 Å². The zero-order valence-electron chi connectivity index (χ0n) is 12.5. The molecule has 0 aromatic carbocycles. The van der Waals surface area contributed by atoms with Crippen LogP contribution in [-0.2, 0) is 4.74 Å². The predicted octanol–water partition coefficient (Wildman–Crippen LogP) is 2.76. The molecule has 0 unspecified atom stereocenters. The molecule has 0 spiro atoms. The van der Waals surface area contributed by atoms with Crippen molar-refractivity contribution in [1.82, 2.24) is 4.90 Å². The Hall–Kier alpha value is -0.770. The van der Waals surface area contributed by atoms with Crippen molar-refractivity contribution < 1.29 is 9.53 Å². The fourth-order valence-electron chi connectivity index (χ4n) is 2.47. The molecule has 4 nitrogen and oxygen atoms in total. The van der Waals surface area contributed by atoms with Crippen molar-refractivity contribution in [2.45, 2.75) is 65.0 Å². The Morgan fingerprint density at radius 2 is 1.94 bits per heavy atom. The second kappa shape index (κ2) is 5.47. The first-order chi connectivity index (χ1) is 8.07. The Kier molecular flexibility index (Phi) is 4.65. The van der Waals surface area contributed by atoms with Crippen LogP contribution in [0.5, 0.6) is 0 Å². The lowest BCUT2D eigenvalue weighted by Gasteiger charge is -2.36. The Balaban J connectivity index is 2.51. The standard InChI is InChI=1S/C14H28N2O2/c1-13(2,3)18-12(17)16-8-6-7-11(10-16)9-14(4,5)15/h11H,6-10,15H2,1-5H3/t11-/m1/s1. The molecule has 1 amide bonds. The minimum Gasteiger partial charge on any atom is -0.444 e. The molecule has 0 aliphatic carbocycles. The van der Waals surface area contributed by atoms with Gasteiger partial charge in [-0.15, -0.1) is 0 Å². The summed E-state index contributed by atoms with van der Waals surface area (Å²) in [6, 6.07) is 0. The number of carbonyl (C=O) groups is 1. The molecular weight excluding hydrogens is 228 g/mol. The van der Waals surface area contributed by atoms with E-state index in [9.17, 15) is 4.79 Å². The molecule has 1 rings (SSSR count). The van der Waals surface area contributed by atoms with Crippen LogP contribution in [0, 0.1) is 5.92 Å². The van der Waals surface area contributed by atoms with Crippen molar-refractivity contribution in [2.24, 2.45) is 11.7 Å². The lowest BCUT2D eigenvalue weighted by molar-refractivity contribution is 0.0151. The molecule has 1 heterocycles. The first-order valence-electron chi connectivity index (χ1n) is 6.84. The Labute approximate surface area is 111 Å². The van der Waals surface area contributed by atoms with E-state index >= 15 is 0 Å². The predicted molar refractivity (Wildman–Crippen MR) is 73.4 cm³/mol. The zero-order valence-corrected chi connectivity index (χ0v) is 12.5. The van der Waals surface area contributed by atoms with Gasteiger partial charge in [-0.1, -0.05) is 0 Å². The van der Waals surface area contributed by atoms with E-state index in [2.05, 4.69) is 0 Å². The van der Waals surface area contributed by atoms with Crippen molar-refractivity contribution in [3.05, 3.63) is 0 Å². The van der Waals surface area contributed by atoms with Crippen LogP contribution >= 0.6 is 0 Å². The smallest absolute Gasteiger partial charge is 0.410 e. The first-order valence-corrected chi connectivity index (χ1v) is 6.84. The molecule has 18 heavy (non-hydrogen) atoms. The summed E-state index contributed by atoms with van der Waals surface area (Å²) >= 11 is 0. The van der Waals surface area contributed by atoms with Crippen molar-refractivity contribution in [3.8, 4) is 0 Å². The van der Waals surface area contributed by atoms with Crippen LogP contribution in [0.2, 0.25) is 0 Å². The number of ether oxygens (including phenoxy) is 1. The van der Waals surface area contributed by atoms with Crippen LogP contribution in [0.25, 0.3) is 0 Å². The summed E-state index contributed by atoms with van der Waals surface area (Å²) in [7, 11) is 0. The van der Waals surface area contributed by atoms with Gasteiger partial charge in [0.2, 0.25) is 0 Å². The maximum Gasteiger partial charge on any atom is 0.410 e. The zero-order chi connectivity index (χ0) is 14.0. The number of nitrogens with two attached hydrogens (primary N) is 1. The van der Waals surface area contributed by atoms with Crippen LogP contribution in [0.4, 0.5) is 4.79 Å². The third-order valence-electron chi connectivity index (χ3n) is 2.99. The fraction of sp³-hybridized carbons (Fsp3) is 0.929. The number of rotatable bonds is 2. The fourth-order valence-corrected chi connectivity index (χ4v) is 2.47. The highest BCUT2D eigenvalue weighted by molar-refractivity contribution is 5.68. The third-order valence-corrected chi connectivity index (χ3v) is 2.99. The summed E-state index contributed by atoms with van der Waals surface area (Å²) in [5, 5.41) is 0. The number of hydrogen-bond acceptors (Lipinski definition) is 3. The minimum atomic E-state index is -0.419. The Bertz CT molecular complexity index is 289. The monoisotopic (exact) mass is 256 g/mol. The quantitative estimate of drug-likeness (QED) is 0.826. The molecular formula is C14H28N2O2. The van der Waals surface area contributed by atoms with Crippen molar-refractivity contribution in [1.29, 1.82) is 0 Å². The van der Waals surface area contributed by atoms with E-state index in [1.807, 2.05) is 39.5 Å². The van der Waals surface area contributed by atoms with Gasteiger partial charge < -0.3 is 15.4 Å². The molecule has 1 saturated heterocycles. The molecule has 0 aromatic heterocycles. The van der Waals surface area contributed by atoms with E-state index < -0.39 is 5.60 Å². The highest BCUT2D eigenvalue weighted by Gasteiger charge is 2.29. The van der Waals surface area contributed by atoms with E-state index in [1.165, 1.54) is 0 Å². The van der Waals surface area contributed by atoms with Crippen LogP contribution in [0.15, 0.2) is 0 Å². The molecule has 0 aromatic rings. The topological polar surface area (TPSA) is 55.6 Å².